The van der Waals surface area contributed by atoms with Gasteiger partial charge in [-0.25, -0.2) is 10.4 Å². The lowest BCUT2D eigenvalue weighted by Crippen LogP contribution is -2.20. The molecule has 2 heterocycles. The van der Waals surface area contributed by atoms with Gasteiger partial charge in [-0.05, 0) is 31.2 Å². The number of benzene rings is 1. The summed E-state index contributed by atoms with van der Waals surface area (Å²) in [5, 5.41) is 24.0. The van der Waals surface area contributed by atoms with Crippen molar-refractivity contribution in [1.82, 2.24) is 14.8 Å². The molecule has 1 amide bonds. The van der Waals surface area contributed by atoms with Crippen LogP contribution in [0, 0.1) is 17.0 Å². The predicted molar refractivity (Wildman–Crippen MR) is 89.8 cm³/mol. The number of hydrogen-bond acceptors (Lipinski definition) is 6. The number of carbonyl (C=O) groups excluding carboxylic acids is 1. The summed E-state index contributed by atoms with van der Waals surface area (Å²) in [5.41, 5.74) is 3.84. The van der Waals surface area contributed by atoms with Crippen LogP contribution in [0.3, 0.4) is 0 Å². The minimum absolute atomic E-state index is 0.351. The SMILES string of the molecule is Cc1nc2ccccn2c1C(=O)N/N=C\c1ccc(O)c([N+](=O)[O-])c1. The number of phenols is 1. The molecule has 0 saturated heterocycles. The maximum absolute atomic E-state index is 12.3. The van der Waals surface area contributed by atoms with Crippen LogP contribution in [0.15, 0.2) is 47.7 Å². The number of nitrogens with one attached hydrogen (secondary N) is 1. The second-order valence-corrected chi connectivity index (χ2v) is 5.18. The van der Waals surface area contributed by atoms with Gasteiger partial charge < -0.3 is 5.11 Å². The van der Waals surface area contributed by atoms with Crippen LogP contribution >= 0.6 is 0 Å². The fourth-order valence-corrected chi connectivity index (χ4v) is 2.37. The average Bonchev–Trinajstić information content (AvgIpc) is 2.91. The van der Waals surface area contributed by atoms with E-state index in [1.54, 1.807) is 29.7 Å². The summed E-state index contributed by atoms with van der Waals surface area (Å²) < 4.78 is 1.64. The molecule has 0 unspecified atom stereocenters. The van der Waals surface area contributed by atoms with Crippen LogP contribution in [0.25, 0.3) is 5.65 Å². The number of aromatic nitrogens is 2. The minimum Gasteiger partial charge on any atom is -0.502 e. The van der Waals surface area contributed by atoms with Gasteiger partial charge in [0.15, 0.2) is 5.75 Å². The zero-order valence-electron chi connectivity index (χ0n) is 13.1. The molecule has 126 valence electrons. The Morgan fingerprint density at radius 1 is 1.40 bits per heavy atom. The summed E-state index contributed by atoms with van der Waals surface area (Å²) in [7, 11) is 0. The number of hydrogen-bond donors (Lipinski definition) is 2. The molecule has 0 aliphatic carbocycles. The summed E-state index contributed by atoms with van der Waals surface area (Å²) in [6, 6.07) is 9.17. The first-order chi connectivity index (χ1) is 12.0. The summed E-state index contributed by atoms with van der Waals surface area (Å²) in [5.74, 6) is -0.895. The van der Waals surface area contributed by atoms with Gasteiger partial charge in [0.1, 0.15) is 11.3 Å². The number of nitro groups is 1. The third kappa shape index (κ3) is 3.15. The van der Waals surface area contributed by atoms with Crippen LogP contribution in [0.2, 0.25) is 0 Å². The standard InChI is InChI=1S/C16H13N5O4/c1-10-15(20-7-3-2-4-14(20)18-10)16(23)19-17-9-11-5-6-13(22)12(8-11)21(24)25/h2-9,22H,1H3,(H,19,23)/b17-9-. The summed E-state index contributed by atoms with van der Waals surface area (Å²) in [4.78, 5) is 26.7. The van der Waals surface area contributed by atoms with Crippen molar-refractivity contribution in [1.29, 1.82) is 0 Å². The number of rotatable bonds is 4. The molecule has 3 aromatic rings. The fraction of sp³-hybridized carbons (Fsp3) is 0.0625. The monoisotopic (exact) mass is 339 g/mol. The molecule has 2 N–H and O–H groups in total. The van der Waals surface area contributed by atoms with Crippen molar-refractivity contribution >= 4 is 23.5 Å². The van der Waals surface area contributed by atoms with Crippen molar-refractivity contribution in [2.45, 2.75) is 6.92 Å². The maximum atomic E-state index is 12.3. The number of nitro benzene ring substituents is 1. The van der Waals surface area contributed by atoms with E-state index in [-0.39, 0.29) is 0 Å². The molecule has 25 heavy (non-hydrogen) atoms. The maximum Gasteiger partial charge on any atom is 0.311 e. The molecule has 0 aliphatic rings. The van der Waals surface area contributed by atoms with Crippen molar-refractivity contribution in [3.63, 3.8) is 0 Å². The van der Waals surface area contributed by atoms with Gasteiger partial charge in [0.05, 0.1) is 16.8 Å². The Labute approximate surface area is 141 Å². The molecule has 0 fully saturated rings. The zero-order valence-corrected chi connectivity index (χ0v) is 13.1. The highest BCUT2D eigenvalue weighted by molar-refractivity contribution is 5.95. The number of fused-ring (bicyclic) bond motifs is 1. The molecule has 3 rings (SSSR count). The summed E-state index contributed by atoms with van der Waals surface area (Å²) in [6.07, 6.45) is 2.97. The second-order valence-electron chi connectivity index (χ2n) is 5.18. The smallest absolute Gasteiger partial charge is 0.311 e. The van der Waals surface area contributed by atoms with Crippen molar-refractivity contribution < 1.29 is 14.8 Å². The van der Waals surface area contributed by atoms with Crippen molar-refractivity contribution in [2.75, 3.05) is 0 Å². The van der Waals surface area contributed by atoms with Crippen LogP contribution in [0.5, 0.6) is 5.75 Å². The summed E-state index contributed by atoms with van der Waals surface area (Å²) >= 11 is 0. The Hall–Kier alpha value is -3.75. The lowest BCUT2D eigenvalue weighted by molar-refractivity contribution is -0.385. The van der Waals surface area contributed by atoms with E-state index >= 15 is 0 Å². The molecule has 1 aromatic carbocycles. The van der Waals surface area contributed by atoms with Crippen LogP contribution in [-0.2, 0) is 0 Å². The molecule has 9 nitrogen and oxygen atoms in total. The zero-order chi connectivity index (χ0) is 18.0. The number of phenolic OH excluding ortho intramolecular Hbond substituents is 1. The van der Waals surface area contributed by atoms with E-state index in [1.165, 1.54) is 18.3 Å². The Bertz CT molecular complexity index is 1010. The number of pyridine rings is 1. The average molecular weight is 339 g/mol. The number of aromatic hydroxyl groups is 1. The minimum atomic E-state index is -0.701. The molecule has 0 spiro atoms. The van der Waals surface area contributed by atoms with Gasteiger partial charge in [-0.15, -0.1) is 0 Å². The highest BCUT2D eigenvalue weighted by Crippen LogP contribution is 2.25. The van der Waals surface area contributed by atoms with Gasteiger partial charge in [0.2, 0.25) is 0 Å². The molecule has 0 radical (unpaired) electrons. The Balaban J connectivity index is 1.80. The molecular formula is C16H13N5O4. The molecule has 0 atom stereocenters. The van der Waals surface area contributed by atoms with Gasteiger partial charge in [-0.3, -0.25) is 19.3 Å². The van der Waals surface area contributed by atoms with Crippen LogP contribution in [0.1, 0.15) is 21.7 Å². The van der Waals surface area contributed by atoms with Crippen molar-refractivity contribution in [3.05, 3.63) is 69.7 Å². The molecule has 9 heteroatoms. The van der Waals surface area contributed by atoms with Gasteiger partial charge in [0.25, 0.3) is 5.91 Å². The number of imidazole rings is 1. The van der Waals surface area contributed by atoms with E-state index in [4.69, 9.17) is 0 Å². The number of nitrogens with zero attached hydrogens (tertiary/aromatic N) is 4. The molecule has 0 bridgehead atoms. The number of hydrazone groups is 1. The largest absolute Gasteiger partial charge is 0.502 e. The number of amides is 1. The van der Waals surface area contributed by atoms with Gasteiger partial charge in [0, 0.05) is 17.8 Å². The molecular weight excluding hydrogens is 326 g/mol. The van der Waals surface area contributed by atoms with Crippen LogP contribution in [-0.4, -0.2) is 31.5 Å². The van der Waals surface area contributed by atoms with E-state index in [0.717, 1.165) is 6.07 Å². The van der Waals surface area contributed by atoms with E-state index < -0.39 is 22.3 Å². The normalized spacial score (nSPS) is 11.1. The Morgan fingerprint density at radius 2 is 2.20 bits per heavy atom. The third-order valence-electron chi connectivity index (χ3n) is 3.50. The van der Waals surface area contributed by atoms with Crippen molar-refractivity contribution in [2.24, 2.45) is 5.10 Å². The first kappa shape index (κ1) is 16.1. The van der Waals surface area contributed by atoms with Crippen molar-refractivity contribution in [3.8, 4) is 5.75 Å². The van der Waals surface area contributed by atoms with E-state index in [1.807, 2.05) is 6.07 Å². The van der Waals surface area contributed by atoms with Gasteiger partial charge in [-0.1, -0.05) is 6.07 Å². The first-order valence-electron chi connectivity index (χ1n) is 7.22. The third-order valence-corrected chi connectivity index (χ3v) is 3.50. The quantitative estimate of drug-likeness (QED) is 0.428. The lowest BCUT2D eigenvalue weighted by Gasteiger charge is -2.01. The van der Waals surface area contributed by atoms with Crippen LogP contribution in [0.4, 0.5) is 5.69 Å². The molecule has 0 aliphatic heterocycles. The van der Waals surface area contributed by atoms with E-state index in [9.17, 15) is 20.0 Å². The Kier molecular flexibility index (Phi) is 4.12. The Morgan fingerprint density at radius 3 is 2.96 bits per heavy atom. The predicted octanol–water partition coefficient (Wildman–Crippen LogP) is 2.02. The molecule has 0 saturated carbocycles. The first-order valence-corrected chi connectivity index (χ1v) is 7.22. The van der Waals surface area contributed by atoms with Gasteiger partial charge in [-0.2, -0.15) is 5.10 Å². The highest BCUT2D eigenvalue weighted by Gasteiger charge is 2.16. The van der Waals surface area contributed by atoms with E-state index in [2.05, 4.69) is 15.5 Å². The highest BCUT2D eigenvalue weighted by atomic mass is 16.6. The fourth-order valence-electron chi connectivity index (χ4n) is 2.37. The van der Waals surface area contributed by atoms with Crippen LogP contribution < -0.4 is 5.43 Å². The number of aryl methyl sites for hydroxylation is 1. The number of carbonyl (C=O) groups is 1. The topological polar surface area (TPSA) is 122 Å². The summed E-state index contributed by atoms with van der Waals surface area (Å²) in [6.45, 7) is 1.72. The lowest BCUT2D eigenvalue weighted by atomic mass is 10.2. The molecule has 2 aromatic heterocycles. The van der Waals surface area contributed by atoms with E-state index in [0.29, 0.717) is 22.6 Å². The second kappa shape index (κ2) is 6.40. The van der Waals surface area contributed by atoms with Gasteiger partial charge >= 0.3 is 5.69 Å².